The van der Waals surface area contributed by atoms with E-state index < -0.39 is 8.07 Å². The van der Waals surface area contributed by atoms with Gasteiger partial charge in [0.25, 0.3) is 0 Å². The molecule has 0 aromatic carbocycles. The first-order chi connectivity index (χ1) is 10.9. The number of hydrogen-bond acceptors (Lipinski definition) is 4. The number of halogens is 1. The molecule has 2 aromatic heterocycles. The second kappa shape index (κ2) is 6.82. The summed E-state index contributed by atoms with van der Waals surface area (Å²) in [6.45, 7) is 7.94. The number of imidazole rings is 1. The molecule has 0 aliphatic heterocycles. The molecule has 23 heavy (non-hydrogen) atoms. The summed E-state index contributed by atoms with van der Waals surface area (Å²) in [5.41, 5.74) is 1.63. The van der Waals surface area contributed by atoms with E-state index in [2.05, 4.69) is 50.5 Å². The summed E-state index contributed by atoms with van der Waals surface area (Å²) in [6.07, 6.45) is 5.78. The smallest absolute Gasteiger partial charge is 0.137 e. The van der Waals surface area contributed by atoms with Crippen molar-refractivity contribution in [2.45, 2.75) is 44.6 Å². The number of rotatable bonds is 7. The van der Waals surface area contributed by atoms with E-state index in [-0.39, 0.29) is 6.10 Å². The van der Waals surface area contributed by atoms with Gasteiger partial charge in [-0.15, -0.1) is 0 Å². The van der Waals surface area contributed by atoms with Gasteiger partial charge in [-0.3, -0.25) is 0 Å². The Hall–Kier alpha value is -1.05. The average Bonchev–Trinajstić information content (AvgIpc) is 3.26. The number of hydrogen-bond donors (Lipinski definition) is 1. The maximum Gasteiger partial charge on any atom is 0.137 e. The van der Waals surface area contributed by atoms with Crippen molar-refractivity contribution >= 4 is 24.0 Å². The van der Waals surface area contributed by atoms with Crippen LogP contribution in [0.5, 0.6) is 0 Å². The minimum atomic E-state index is -1.08. The molecule has 124 valence electrons. The minimum absolute atomic E-state index is 0.0678. The molecular formula is C16H23BrN4OSi. The highest BCUT2D eigenvalue weighted by molar-refractivity contribution is 9.10. The van der Waals surface area contributed by atoms with E-state index in [9.17, 15) is 0 Å². The van der Waals surface area contributed by atoms with Crippen LogP contribution in [0.1, 0.15) is 24.8 Å². The molecule has 1 aliphatic carbocycles. The first kappa shape index (κ1) is 16.8. The van der Waals surface area contributed by atoms with Gasteiger partial charge in [0.1, 0.15) is 28.6 Å². The Kier molecular flexibility index (Phi) is 4.98. The van der Waals surface area contributed by atoms with Gasteiger partial charge < -0.3 is 9.72 Å². The summed E-state index contributed by atoms with van der Waals surface area (Å²) >= 11 is 3.56. The Labute approximate surface area is 146 Å². The second-order valence-electron chi connectivity index (χ2n) is 7.32. The molecule has 0 saturated heterocycles. The van der Waals surface area contributed by atoms with Crippen LogP contribution >= 0.6 is 15.9 Å². The minimum Gasteiger partial charge on any atom is -0.370 e. The van der Waals surface area contributed by atoms with E-state index in [0.717, 1.165) is 28.4 Å². The monoisotopic (exact) mass is 394 g/mol. The van der Waals surface area contributed by atoms with Crippen molar-refractivity contribution in [1.82, 2.24) is 19.9 Å². The molecule has 1 unspecified atom stereocenters. The number of aromatic amines is 1. The van der Waals surface area contributed by atoms with Crippen LogP contribution in [0.15, 0.2) is 23.2 Å². The number of H-pyrrole nitrogens is 1. The van der Waals surface area contributed by atoms with Crippen molar-refractivity contribution < 1.29 is 4.74 Å². The highest BCUT2D eigenvalue weighted by Crippen LogP contribution is 2.43. The van der Waals surface area contributed by atoms with Gasteiger partial charge in [-0.1, -0.05) is 19.6 Å². The van der Waals surface area contributed by atoms with Crippen LogP contribution in [-0.4, -0.2) is 34.6 Å². The van der Waals surface area contributed by atoms with Gasteiger partial charge >= 0.3 is 0 Å². The first-order valence-corrected chi connectivity index (χ1v) is 12.6. The largest absolute Gasteiger partial charge is 0.370 e. The van der Waals surface area contributed by atoms with E-state index in [1.807, 2.05) is 6.07 Å². The average molecular weight is 395 g/mol. The van der Waals surface area contributed by atoms with Crippen molar-refractivity contribution in [1.29, 1.82) is 0 Å². The number of nitrogens with one attached hydrogen (secondary N) is 1. The molecule has 7 heteroatoms. The van der Waals surface area contributed by atoms with Crippen LogP contribution in [0.4, 0.5) is 0 Å². The topological polar surface area (TPSA) is 63.7 Å². The maximum atomic E-state index is 6.22. The molecule has 3 rings (SSSR count). The number of ether oxygens (including phenoxy) is 1. The molecule has 1 fully saturated rings. The van der Waals surface area contributed by atoms with Crippen molar-refractivity contribution in [2.24, 2.45) is 5.92 Å². The van der Waals surface area contributed by atoms with Gasteiger partial charge in [0, 0.05) is 20.9 Å². The molecule has 0 spiro atoms. The molecule has 1 N–H and O–H groups in total. The van der Waals surface area contributed by atoms with E-state index in [1.165, 1.54) is 18.9 Å². The van der Waals surface area contributed by atoms with E-state index in [0.29, 0.717) is 5.92 Å². The Morgan fingerprint density at radius 3 is 2.78 bits per heavy atom. The van der Waals surface area contributed by atoms with Crippen LogP contribution in [0.25, 0.3) is 11.4 Å². The Balaban J connectivity index is 1.76. The lowest BCUT2D eigenvalue weighted by Crippen LogP contribution is -2.23. The fourth-order valence-corrected chi connectivity index (χ4v) is 3.66. The van der Waals surface area contributed by atoms with Gasteiger partial charge in [0.05, 0.1) is 5.69 Å². The standard InChI is InChI=1S/C16H23BrN4OSi/c1-23(2,3)9-8-22-14(11-4-5-11)16-20-13(15(17)21-16)12-6-7-18-10-19-12/h6-7,10-11,14H,4-5,8-9H2,1-3H3,(H,20,21). The molecule has 5 nitrogen and oxygen atoms in total. The third-order valence-corrected chi connectivity index (χ3v) is 6.25. The van der Waals surface area contributed by atoms with Crippen LogP contribution in [0.2, 0.25) is 25.7 Å². The molecule has 0 amide bonds. The van der Waals surface area contributed by atoms with Crippen LogP contribution in [0, 0.1) is 5.92 Å². The van der Waals surface area contributed by atoms with Crippen LogP contribution < -0.4 is 0 Å². The van der Waals surface area contributed by atoms with Crippen molar-refractivity contribution in [3.05, 3.63) is 29.0 Å². The van der Waals surface area contributed by atoms with E-state index in [1.54, 1.807) is 12.5 Å². The molecule has 2 heterocycles. The predicted molar refractivity (Wildman–Crippen MR) is 96.9 cm³/mol. The van der Waals surface area contributed by atoms with Crippen molar-refractivity contribution in [3.63, 3.8) is 0 Å². The summed E-state index contributed by atoms with van der Waals surface area (Å²) in [6, 6.07) is 3.04. The van der Waals surface area contributed by atoms with Gasteiger partial charge in [0.15, 0.2) is 0 Å². The van der Waals surface area contributed by atoms with Crippen LogP contribution in [0.3, 0.4) is 0 Å². The summed E-state index contributed by atoms with van der Waals surface area (Å²) in [5, 5.41) is 0. The number of nitrogens with zero attached hydrogens (tertiary/aromatic N) is 3. The fourth-order valence-electron chi connectivity index (χ4n) is 2.43. The van der Waals surface area contributed by atoms with E-state index >= 15 is 0 Å². The summed E-state index contributed by atoms with van der Waals surface area (Å²) < 4.78 is 7.07. The zero-order chi connectivity index (χ0) is 16.4. The molecule has 0 bridgehead atoms. The Bertz CT molecular complexity index is 652. The lowest BCUT2D eigenvalue weighted by atomic mass is 10.2. The predicted octanol–water partition coefficient (Wildman–Crippen LogP) is 4.44. The van der Waals surface area contributed by atoms with Crippen LogP contribution in [-0.2, 0) is 4.74 Å². The molecule has 2 aromatic rings. The van der Waals surface area contributed by atoms with Gasteiger partial charge in [-0.2, -0.15) is 0 Å². The molecule has 1 aliphatic rings. The zero-order valence-electron chi connectivity index (χ0n) is 13.8. The second-order valence-corrected chi connectivity index (χ2v) is 13.7. The third kappa shape index (κ3) is 4.48. The van der Waals surface area contributed by atoms with Crippen molar-refractivity contribution in [3.8, 4) is 11.4 Å². The van der Waals surface area contributed by atoms with Gasteiger partial charge in [-0.25, -0.2) is 15.0 Å². The fraction of sp³-hybridized carbons (Fsp3) is 0.562. The Morgan fingerprint density at radius 1 is 1.39 bits per heavy atom. The normalized spacial score (nSPS) is 16.5. The highest BCUT2D eigenvalue weighted by atomic mass is 79.9. The summed E-state index contributed by atoms with van der Waals surface area (Å²) in [4.78, 5) is 16.3. The number of aromatic nitrogens is 4. The molecule has 1 saturated carbocycles. The first-order valence-electron chi connectivity index (χ1n) is 8.07. The summed E-state index contributed by atoms with van der Waals surface area (Å²) in [7, 11) is -1.08. The lowest BCUT2D eigenvalue weighted by Gasteiger charge is -2.19. The maximum absolute atomic E-state index is 6.22. The quantitative estimate of drug-likeness (QED) is 0.705. The lowest BCUT2D eigenvalue weighted by molar-refractivity contribution is 0.0401. The van der Waals surface area contributed by atoms with Crippen molar-refractivity contribution in [2.75, 3.05) is 6.61 Å². The van der Waals surface area contributed by atoms with Gasteiger partial charge in [0.2, 0.25) is 0 Å². The summed E-state index contributed by atoms with van der Waals surface area (Å²) in [5.74, 6) is 1.50. The molecule has 0 radical (unpaired) electrons. The molecule has 1 atom stereocenters. The zero-order valence-corrected chi connectivity index (χ0v) is 16.4. The highest BCUT2D eigenvalue weighted by Gasteiger charge is 2.36. The van der Waals surface area contributed by atoms with E-state index in [4.69, 9.17) is 9.72 Å². The third-order valence-electron chi connectivity index (χ3n) is 3.97. The SMILES string of the molecule is C[Si](C)(C)CCOC(c1nc(-c2ccncn2)c(Br)[nH]1)C1CC1. The Morgan fingerprint density at radius 2 is 2.17 bits per heavy atom. The molecular weight excluding hydrogens is 372 g/mol. The van der Waals surface area contributed by atoms with Gasteiger partial charge in [-0.05, 0) is 46.8 Å².